The number of fused-ring (bicyclic) bond motifs is 1. The fraction of sp³-hybridized carbons (Fsp3) is 0.308. The molecule has 1 aliphatic heterocycles. The number of hydrogen-bond acceptors (Lipinski definition) is 2. The van der Waals surface area contributed by atoms with Gasteiger partial charge in [0.1, 0.15) is 0 Å². The molecule has 1 aromatic carbocycles. The van der Waals surface area contributed by atoms with Crippen LogP contribution in [0.4, 0.5) is 0 Å². The topological polar surface area (TPSA) is 65.1 Å². The summed E-state index contributed by atoms with van der Waals surface area (Å²) in [4.78, 5) is 14.0. The van der Waals surface area contributed by atoms with Crippen molar-refractivity contribution in [2.75, 3.05) is 6.54 Å². The summed E-state index contributed by atoms with van der Waals surface area (Å²) in [7, 11) is 0. The van der Waals surface area contributed by atoms with E-state index in [1.165, 1.54) is 0 Å². The molecule has 2 heterocycles. The molecular weight excluding hydrogens is 252 g/mol. The highest BCUT2D eigenvalue weighted by atomic mass is 35.5. The fourth-order valence-electron chi connectivity index (χ4n) is 2.50. The van der Waals surface area contributed by atoms with Crippen LogP contribution in [-0.4, -0.2) is 22.6 Å². The van der Waals surface area contributed by atoms with Gasteiger partial charge in [-0.15, -0.1) is 0 Å². The average Bonchev–Trinajstić information content (AvgIpc) is 2.96. The monoisotopic (exact) mass is 264 g/mol. The molecule has 1 aliphatic rings. The summed E-state index contributed by atoms with van der Waals surface area (Å²) in [6.45, 7) is 0.527. The number of aliphatic carboxylic acids is 1. The zero-order valence-electron chi connectivity index (χ0n) is 9.61. The normalized spacial score (nSPS) is 23.6. The Kier molecular flexibility index (Phi) is 2.76. The van der Waals surface area contributed by atoms with Crippen molar-refractivity contribution in [2.24, 2.45) is 5.92 Å². The summed E-state index contributed by atoms with van der Waals surface area (Å²) < 4.78 is 0. The number of carboxylic acids is 1. The lowest BCUT2D eigenvalue weighted by Gasteiger charge is -2.10. The highest BCUT2D eigenvalue weighted by Crippen LogP contribution is 2.31. The zero-order chi connectivity index (χ0) is 12.7. The molecule has 0 amide bonds. The minimum absolute atomic E-state index is 0.0986. The Labute approximate surface area is 109 Å². The Bertz CT molecular complexity index is 608. The number of carboxylic acid groups (broad SMARTS) is 1. The maximum atomic E-state index is 10.9. The fourth-order valence-corrected chi connectivity index (χ4v) is 2.71. The van der Waals surface area contributed by atoms with Crippen molar-refractivity contribution in [3.63, 3.8) is 0 Å². The molecule has 1 fully saturated rings. The molecule has 5 heteroatoms. The van der Waals surface area contributed by atoms with Gasteiger partial charge in [0.2, 0.25) is 0 Å². The van der Waals surface area contributed by atoms with Gasteiger partial charge >= 0.3 is 5.97 Å². The Morgan fingerprint density at radius 3 is 3.00 bits per heavy atom. The van der Waals surface area contributed by atoms with Crippen molar-refractivity contribution in [2.45, 2.75) is 12.5 Å². The zero-order valence-corrected chi connectivity index (χ0v) is 10.4. The number of aromatic amines is 1. The summed E-state index contributed by atoms with van der Waals surface area (Å²) in [5.41, 5.74) is 2.09. The Hall–Kier alpha value is -1.52. The molecule has 0 aliphatic carbocycles. The van der Waals surface area contributed by atoms with Crippen molar-refractivity contribution in [3.05, 3.63) is 35.0 Å². The van der Waals surface area contributed by atoms with E-state index in [1.54, 1.807) is 6.20 Å². The summed E-state index contributed by atoms with van der Waals surface area (Å²) in [6.07, 6.45) is 2.39. The van der Waals surface area contributed by atoms with E-state index in [-0.39, 0.29) is 12.0 Å². The van der Waals surface area contributed by atoms with Crippen LogP contribution in [0.3, 0.4) is 0 Å². The van der Waals surface area contributed by atoms with Crippen LogP contribution in [0.1, 0.15) is 18.0 Å². The first kappa shape index (κ1) is 11.6. The second kappa shape index (κ2) is 4.30. The Balaban J connectivity index is 1.91. The lowest BCUT2D eigenvalue weighted by Crippen LogP contribution is -2.17. The molecule has 0 bridgehead atoms. The van der Waals surface area contributed by atoms with Crippen molar-refractivity contribution in [1.82, 2.24) is 10.3 Å². The number of rotatable bonds is 2. The summed E-state index contributed by atoms with van der Waals surface area (Å²) >= 11 is 6.08. The standard InChI is InChI=1S/C13H13ClN2O2/c14-10-6-16-11-2-1-7(3-9(10)11)12-4-8(5-15-12)13(17)18/h1-3,6,8,12,15-16H,4-5H2,(H,17,18). The summed E-state index contributed by atoms with van der Waals surface area (Å²) in [5, 5.41) is 13.9. The third-order valence-corrected chi connectivity index (χ3v) is 3.85. The van der Waals surface area contributed by atoms with Gasteiger partial charge in [-0.25, -0.2) is 0 Å². The second-order valence-corrected chi connectivity index (χ2v) is 5.08. The Morgan fingerprint density at radius 1 is 1.44 bits per heavy atom. The van der Waals surface area contributed by atoms with E-state index in [4.69, 9.17) is 16.7 Å². The number of nitrogens with one attached hydrogen (secondary N) is 2. The molecule has 3 rings (SSSR count). The van der Waals surface area contributed by atoms with E-state index >= 15 is 0 Å². The minimum Gasteiger partial charge on any atom is -0.481 e. The number of aromatic nitrogens is 1. The highest BCUT2D eigenvalue weighted by molar-refractivity contribution is 6.35. The first-order chi connectivity index (χ1) is 8.65. The van der Waals surface area contributed by atoms with Crippen molar-refractivity contribution in [3.8, 4) is 0 Å². The van der Waals surface area contributed by atoms with E-state index in [1.807, 2.05) is 18.2 Å². The molecule has 1 aromatic heterocycles. The van der Waals surface area contributed by atoms with Gasteiger partial charge in [0, 0.05) is 29.7 Å². The third kappa shape index (κ3) is 1.87. The molecule has 0 radical (unpaired) electrons. The number of hydrogen-bond donors (Lipinski definition) is 3. The predicted octanol–water partition coefficient (Wildman–Crippen LogP) is 2.56. The van der Waals surface area contributed by atoms with E-state index in [0.717, 1.165) is 16.5 Å². The minimum atomic E-state index is -0.731. The van der Waals surface area contributed by atoms with Crippen LogP contribution in [0.2, 0.25) is 5.02 Å². The van der Waals surface area contributed by atoms with Gasteiger partial charge in [-0.3, -0.25) is 4.79 Å². The van der Waals surface area contributed by atoms with Gasteiger partial charge in [-0.1, -0.05) is 17.7 Å². The van der Waals surface area contributed by atoms with Crippen LogP contribution in [0, 0.1) is 5.92 Å². The molecular formula is C13H13ClN2O2. The van der Waals surface area contributed by atoms with Crippen molar-refractivity contribution >= 4 is 28.5 Å². The molecule has 0 spiro atoms. The van der Waals surface area contributed by atoms with Crippen molar-refractivity contribution < 1.29 is 9.90 Å². The largest absolute Gasteiger partial charge is 0.481 e. The second-order valence-electron chi connectivity index (χ2n) is 4.67. The average molecular weight is 265 g/mol. The lowest BCUT2D eigenvalue weighted by atomic mass is 9.99. The third-order valence-electron chi connectivity index (χ3n) is 3.54. The molecule has 2 unspecified atom stereocenters. The van der Waals surface area contributed by atoms with Crippen LogP contribution in [0.5, 0.6) is 0 Å². The van der Waals surface area contributed by atoms with Gasteiger partial charge < -0.3 is 15.4 Å². The maximum absolute atomic E-state index is 10.9. The smallest absolute Gasteiger partial charge is 0.307 e. The van der Waals surface area contributed by atoms with E-state index in [2.05, 4.69) is 10.3 Å². The molecule has 94 valence electrons. The van der Waals surface area contributed by atoms with Gasteiger partial charge in [-0.05, 0) is 24.1 Å². The van der Waals surface area contributed by atoms with E-state index in [0.29, 0.717) is 18.0 Å². The molecule has 0 saturated carbocycles. The number of carbonyl (C=O) groups is 1. The van der Waals surface area contributed by atoms with Crippen LogP contribution in [-0.2, 0) is 4.79 Å². The van der Waals surface area contributed by atoms with Crippen LogP contribution < -0.4 is 5.32 Å². The molecule has 3 N–H and O–H groups in total. The Morgan fingerprint density at radius 2 is 2.28 bits per heavy atom. The van der Waals surface area contributed by atoms with E-state index in [9.17, 15) is 4.79 Å². The van der Waals surface area contributed by atoms with Gasteiger partial charge in [0.25, 0.3) is 0 Å². The summed E-state index contributed by atoms with van der Waals surface area (Å²) in [5.74, 6) is -1.03. The molecule has 18 heavy (non-hydrogen) atoms. The molecule has 4 nitrogen and oxygen atoms in total. The number of benzene rings is 1. The van der Waals surface area contributed by atoms with Gasteiger partial charge in [-0.2, -0.15) is 0 Å². The predicted molar refractivity (Wildman–Crippen MR) is 69.8 cm³/mol. The first-order valence-electron chi connectivity index (χ1n) is 5.88. The van der Waals surface area contributed by atoms with Gasteiger partial charge in [0.05, 0.1) is 10.9 Å². The van der Waals surface area contributed by atoms with E-state index < -0.39 is 5.97 Å². The van der Waals surface area contributed by atoms with Crippen LogP contribution >= 0.6 is 11.6 Å². The molecule has 2 atom stereocenters. The quantitative estimate of drug-likeness (QED) is 0.781. The van der Waals surface area contributed by atoms with Crippen LogP contribution in [0.25, 0.3) is 10.9 Å². The maximum Gasteiger partial charge on any atom is 0.307 e. The summed E-state index contributed by atoms with van der Waals surface area (Å²) in [6, 6.07) is 6.11. The SMILES string of the molecule is O=C(O)C1CNC(c2ccc3[nH]cc(Cl)c3c2)C1. The molecule has 2 aromatic rings. The van der Waals surface area contributed by atoms with Crippen LogP contribution in [0.15, 0.2) is 24.4 Å². The van der Waals surface area contributed by atoms with Crippen molar-refractivity contribution in [1.29, 1.82) is 0 Å². The first-order valence-corrected chi connectivity index (χ1v) is 6.25. The molecule has 1 saturated heterocycles. The number of H-pyrrole nitrogens is 1. The van der Waals surface area contributed by atoms with Gasteiger partial charge in [0.15, 0.2) is 0 Å². The lowest BCUT2D eigenvalue weighted by molar-refractivity contribution is -0.141. The highest BCUT2D eigenvalue weighted by Gasteiger charge is 2.30. The number of halogens is 1.